The molecule has 1 saturated heterocycles. The van der Waals surface area contributed by atoms with E-state index in [1.807, 2.05) is 36.4 Å². The van der Waals surface area contributed by atoms with Crippen LogP contribution in [0, 0.1) is 0 Å². The molecule has 2 amide bonds. The van der Waals surface area contributed by atoms with Crippen LogP contribution in [-0.4, -0.2) is 31.5 Å². The molecule has 0 unspecified atom stereocenters. The molecule has 1 aliphatic heterocycles. The second kappa shape index (κ2) is 7.57. The van der Waals surface area contributed by atoms with Gasteiger partial charge in [-0.25, -0.2) is 0 Å². The molecule has 1 aliphatic rings. The summed E-state index contributed by atoms with van der Waals surface area (Å²) < 4.78 is 5.10. The summed E-state index contributed by atoms with van der Waals surface area (Å²) in [6.45, 7) is 0.467. The number of nitrogens with one attached hydrogen (secondary N) is 1. The van der Waals surface area contributed by atoms with E-state index in [0.29, 0.717) is 18.0 Å². The fraction of sp³-hybridized carbons (Fsp3) is 0.263. The maximum atomic E-state index is 12.2. The maximum absolute atomic E-state index is 12.2. The first-order valence-corrected chi connectivity index (χ1v) is 8.41. The first-order chi connectivity index (χ1) is 12.0. The summed E-state index contributed by atoms with van der Waals surface area (Å²) in [6, 6.07) is 14.3. The van der Waals surface area contributed by atoms with Gasteiger partial charge in [-0.1, -0.05) is 23.7 Å². The second-order valence-corrected chi connectivity index (χ2v) is 6.41. The summed E-state index contributed by atoms with van der Waals surface area (Å²) >= 11 is 5.88. The molecule has 3 rings (SSSR count). The summed E-state index contributed by atoms with van der Waals surface area (Å²) in [5, 5.41) is 3.56. The number of anilines is 1. The van der Waals surface area contributed by atoms with Crippen molar-refractivity contribution in [3.63, 3.8) is 0 Å². The van der Waals surface area contributed by atoms with E-state index in [9.17, 15) is 9.59 Å². The van der Waals surface area contributed by atoms with E-state index >= 15 is 0 Å². The molecule has 25 heavy (non-hydrogen) atoms. The summed E-state index contributed by atoms with van der Waals surface area (Å²) in [5.41, 5.74) is 1.69. The average molecular weight is 359 g/mol. The Bertz CT molecular complexity index is 759. The summed E-state index contributed by atoms with van der Waals surface area (Å²) in [7, 11) is 1.60. The van der Waals surface area contributed by atoms with Gasteiger partial charge in [-0.3, -0.25) is 9.59 Å². The van der Waals surface area contributed by atoms with Crippen molar-refractivity contribution in [3.05, 3.63) is 59.1 Å². The molecular formula is C19H19ClN2O3. The van der Waals surface area contributed by atoms with Crippen LogP contribution < -0.4 is 15.0 Å². The molecule has 1 fully saturated rings. The normalized spacial score (nSPS) is 16.8. The molecule has 0 spiro atoms. The zero-order valence-electron chi connectivity index (χ0n) is 13.9. The van der Waals surface area contributed by atoms with Gasteiger partial charge in [-0.05, 0) is 42.0 Å². The highest BCUT2D eigenvalue weighted by atomic mass is 35.5. The third-order valence-corrected chi connectivity index (χ3v) is 4.40. The van der Waals surface area contributed by atoms with Crippen LogP contribution in [0.15, 0.2) is 48.5 Å². The molecule has 0 aromatic heterocycles. The molecule has 1 N–H and O–H groups in total. The summed E-state index contributed by atoms with van der Waals surface area (Å²) in [6.07, 6.45) is 0.576. The number of rotatable bonds is 5. The number of amides is 2. The highest BCUT2D eigenvalue weighted by Gasteiger charge is 2.31. The summed E-state index contributed by atoms with van der Waals surface area (Å²) in [5.74, 6) is 0.655. The van der Waals surface area contributed by atoms with Crippen molar-refractivity contribution in [1.82, 2.24) is 5.32 Å². The molecule has 6 heteroatoms. The number of halogens is 1. The van der Waals surface area contributed by atoms with Crippen LogP contribution in [0.5, 0.6) is 5.75 Å². The lowest BCUT2D eigenvalue weighted by Crippen LogP contribution is -2.38. The molecule has 0 bridgehead atoms. The Balaban J connectivity index is 1.57. The van der Waals surface area contributed by atoms with Crippen molar-refractivity contribution in [2.24, 2.45) is 0 Å². The fourth-order valence-electron chi connectivity index (χ4n) is 2.88. The minimum Gasteiger partial charge on any atom is -0.497 e. The van der Waals surface area contributed by atoms with Crippen molar-refractivity contribution >= 4 is 29.1 Å². The van der Waals surface area contributed by atoms with Gasteiger partial charge in [-0.15, -0.1) is 0 Å². The average Bonchev–Trinajstić information content (AvgIpc) is 2.96. The van der Waals surface area contributed by atoms with E-state index in [-0.39, 0.29) is 24.3 Å². The topological polar surface area (TPSA) is 58.6 Å². The molecule has 0 radical (unpaired) electrons. The monoisotopic (exact) mass is 358 g/mol. The molecular weight excluding hydrogens is 340 g/mol. The second-order valence-electron chi connectivity index (χ2n) is 5.97. The van der Waals surface area contributed by atoms with Crippen molar-refractivity contribution in [2.75, 3.05) is 18.6 Å². The van der Waals surface area contributed by atoms with Crippen molar-refractivity contribution < 1.29 is 14.3 Å². The molecule has 5 nitrogen and oxygen atoms in total. The van der Waals surface area contributed by atoms with Crippen LogP contribution in [0.2, 0.25) is 5.02 Å². The van der Waals surface area contributed by atoms with Crippen LogP contribution >= 0.6 is 11.6 Å². The van der Waals surface area contributed by atoms with Crippen molar-refractivity contribution in [3.8, 4) is 5.75 Å². The lowest BCUT2D eigenvalue weighted by atomic mass is 10.1. The standard InChI is InChI=1S/C19H19ClN2O3/c1-25-17-8-2-13(3-9-17)10-18(23)21-15-11-19(24)22(12-15)16-6-4-14(20)5-7-16/h2-9,15H,10-12H2,1H3,(H,21,23)/t15-/m0/s1. The lowest BCUT2D eigenvalue weighted by molar-refractivity contribution is -0.121. The number of hydrogen-bond donors (Lipinski definition) is 1. The minimum absolute atomic E-state index is 0.00271. The lowest BCUT2D eigenvalue weighted by Gasteiger charge is -2.17. The molecule has 2 aromatic rings. The minimum atomic E-state index is -0.186. The highest BCUT2D eigenvalue weighted by molar-refractivity contribution is 6.30. The predicted molar refractivity (Wildman–Crippen MR) is 97.1 cm³/mol. The fourth-order valence-corrected chi connectivity index (χ4v) is 3.01. The Labute approximate surface area is 151 Å². The Kier molecular flexibility index (Phi) is 5.24. The Morgan fingerprint density at radius 3 is 2.52 bits per heavy atom. The highest BCUT2D eigenvalue weighted by Crippen LogP contribution is 2.23. The third kappa shape index (κ3) is 4.31. The zero-order chi connectivity index (χ0) is 17.8. The van der Waals surface area contributed by atoms with Crippen LogP contribution in [0.4, 0.5) is 5.69 Å². The van der Waals surface area contributed by atoms with E-state index in [4.69, 9.17) is 16.3 Å². The van der Waals surface area contributed by atoms with Crippen LogP contribution in [0.1, 0.15) is 12.0 Å². The quantitative estimate of drug-likeness (QED) is 0.894. The van der Waals surface area contributed by atoms with Gasteiger partial charge in [0.25, 0.3) is 0 Å². The van der Waals surface area contributed by atoms with Crippen LogP contribution in [-0.2, 0) is 16.0 Å². The van der Waals surface area contributed by atoms with Gasteiger partial charge in [-0.2, -0.15) is 0 Å². The number of carbonyl (C=O) groups is 2. The number of ether oxygens (including phenoxy) is 1. The van der Waals surface area contributed by atoms with Gasteiger partial charge >= 0.3 is 0 Å². The predicted octanol–water partition coefficient (Wildman–Crippen LogP) is 2.81. The van der Waals surface area contributed by atoms with Gasteiger partial charge in [0.15, 0.2) is 0 Å². The Hall–Kier alpha value is -2.53. The molecule has 0 aliphatic carbocycles. The molecule has 0 saturated carbocycles. The van der Waals surface area contributed by atoms with Gasteiger partial charge < -0.3 is 15.0 Å². The van der Waals surface area contributed by atoms with E-state index in [1.54, 1.807) is 24.1 Å². The number of benzene rings is 2. The Morgan fingerprint density at radius 1 is 1.20 bits per heavy atom. The number of methoxy groups -OCH3 is 1. The molecule has 1 heterocycles. The Morgan fingerprint density at radius 2 is 1.88 bits per heavy atom. The number of carbonyl (C=O) groups excluding carboxylic acids is 2. The van der Waals surface area contributed by atoms with Crippen molar-refractivity contribution in [1.29, 1.82) is 0 Å². The number of nitrogens with zero attached hydrogens (tertiary/aromatic N) is 1. The SMILES string of the molecule is COc1ccc(CC(=O)N[C@H]2CC(=O)N(c3ccc(Cl)cc3)C2)cc1. The summed E-state index contributed by atoms with van der Waals surface area (Å²) in [4.78, 5) is 26.1. The third-order valence-electron chi connectivity index (χ3n) is 4.15. The zero-order valence-corrected chi connectivity index (χ0v) is 14.6. The maximum Gasteiger partial charge on any atom is 0.229 e. The van der Waals surface area contributed by atoms with Crippen molar-refractivity contribution in [2.45, 2.75) is 18.9 Å². The first-order valence-electron chi connectivity index (χ1n) is 8.03. The van der Waals surface area contributed by atoms with E-state index in [1.165, 1.54) is 0 Å². The molecule has 2 aromatic carbocycles. The van der Waals surface area contributed by atoms with Gasteiger partial charge in [0.05, 0.1) is 19.6 Å². The number of hydrogen-bond acceptors (Lipinski definition) is 3. The molecule has 1 atom stereocenters. The van der Waals surface area contributed by atoms with Crippen LogP contribution in [0.3, 0.4) is 0 Å². The smallest absolute Gasteiger partial charge is 0.229 e. The van der Waals surface area contributed by atoms with E-state index < -0.39 is 0 Å². The molecule has 130 valence electrons. The van der Waals surface area contributed by atoms with Crippen LogP contribution in [0.25, 0.3) is 0 Å². The van der Waals surface area contributed by atoms with E-state index in [0.717, 1.165) is 17.0 Å². The first kappa shape index (κ1) is 17.3. The largest absolute Gasteiger partial charge is 0.497 e. The van der Waals surface area contributed by atoms with Gasteiger partial charge in [0.1, 0.15) is 5.75 Å². The van der Waals surface area contributed by atoms with E-state index in [2.05, 4.69) is 5.32 Å². The van der Waals surface area contributed by atoms with Gasteiger partial charge in [0, 0.05) is 23.7 Å². The van der Waals surface area contributed by atoms with Gasteiger partial charge in [0.2, 0.25) is 11.8 Å².